The molecule has 0 fully saturated rings. The predicted octanol–water partition coefficient (Wildman–Crippen LogP) is 4.14. The molecule has 0 aliphatic carbocycles. The van der Waals surface area contributed by atoms with Gasteiger partial charge in [-0.2, -0.15) is 0 Å². The van der Waals surface area contributed by atoms with Crippen LogP contribution >= 0.6 is 0 Å². The number of aromatic carboxylic acids is 1. The Hall–Kier alpha value is -3.74. The summed E-state index contributed by atoms with van der Waals surface area (Å²) in [6.45, 7) is 1.68. The summed E-state index contributed by atoms with van der Waals surface area (Å²) < 4.78 is 1.84. The third kappa shape index (κ3) is 3.51. The molecule has 0 saturated heterocycles. The molecule has 3 aromatic rings. The molecule has 7 heteroatoms. The van der Waals surface area contributed by atoms with Crippen LogP contribution in [-0.2, 0) is 0 Å². The van der Waals surface area contributed by atoms with Crippen LogP contribution in [0.15, 0.2) is 65.8 Å². The molecule has 0 atom stereocenters. The lowest BCUT2D eigenvalue weighted by Gasteiger charge is -2.06. The molecule has 7 nitrogen and oxygen atoms in total. The molecular weight excluding hydrogens is 334 g/mol. The van der Waals surface area contributed by atoms with Crippen molar-refractivity contribution >= 4 is 23.6 Å². The van der Waals surface area contributed by atoms with E-state index < -0.39 is 10.9 Å². The third-order valence-electron chi connectivity index (χ3n) is 3.91. The quantitative estimate of drug-likeness (QED) is 0.425. The number of hydrogen-bond acceptors (Lipinski definition) is 4. The topological polar surface area (TPSA) is 97.7 Å². The molecule has 130 valence electrons. The van der Waals surface area contributed by atoms with E-state index in [-0.39, 0.29) is 11.3 Å². The number of rotatable bonds is 5. The van der Waals surface area contributed by atoms with Gasteiger partial charge in [-0.1, -0.05) is 6.07 Å². The van der Waals surface area contributed by atoms with Crippen molar-refractivity contribution < 1.29 is 14.8 Å². The van der Waals surface area contributed by atoms with Gasteiger partial charge in [0.25, 0.3) is 5.69 Å². The van der Waals surface area contributed by atoms with Crippen LogP contribution in [0.5, 0.6) is 0 Å². The van der Waals surface area contributed by atoms with Gasteiger partial charge >= 0.3 is 5.97 Å². The van der Waals surface area contributed by atoms with E-state index in [0.717, 1.165) is 11.4 Å². The van der Waals surface area contributed by atoms with Gasteiger partial charge in [0.1, 0.15) is 0 Å². The Kier molecular flexibility index (Phi) is 4.62. The van der Waals surface area contributed by atoms with Crippen molar-refractivity contribution in [3.05, 3.63) is 87.7 Å². The lowest BCUT2D eigenvalue weighted by Crippen LogP contribution is -2.00. The largest absolute Gasteiger partial charge is 0.478 e. The molecule has 0 aliphatic heterocycles. The second-order valence-electron chi connectivity index (χ2n) is 5.64. The van der Waals surface area contributed by atoms with Gasteiger partial charge in [-0.15, -0.1) is 0 Å². The van der Waals surface area contributed by atoms with Gasteiger partial charge in [0.05, 0.1) is 28.1 Å². The number of carboxylic acid groups (broad SMARTS) is 1. The molecule has 0 saturated carbocycles. The Bertz CT molecular complexity index is 1000. The zero-order valence-electron chi connectivity index (χ0n) is 13.9. The molecular formula is C19H15N3O4. The summed E-state index contributed by atoms with van der Waals surface area (Å²) in [6, 6.07) is 15.0. The first-order valence-electron chi connectivity index (χ1n) is 7.76. The molecule has 0 bridgehead atoms. The van der Waals surface area contributed by atoms with Crippen molar-refractivity contribution in [2.45, 2.75) is 6.92 Å². The van der Waals surface area contributed by atoms with Crippen LogP contribution in [0.1, 0.15) is 21.6 Å². The highest BCUT2D eigenvalue weighted by Crippen LogP contribution is 2.24. The van der Waals surface area contributed by atoms with Crippen LogP contribution < -0.4 is 0 Å². The highest BCUT2D eigenvalue weighted by atomic mass is 16.6. The SMILES string of the molecule is Cc1ccc(N=Cc2cccn2-c2ccc(C(=O)O)cc2)cc1[N+](=O)[O-]. The molecule has 0 radical (unpaired) electrons. The van der Waals surface area contributed by atoms with Crippen molar-refractivity contribution in [3.63, 3.8) is 0 Å². The molecule has 1 aromatic heterocycles. The number of nitro groups is 1. The molecule has 2 aromatic carbocycles. The number of nitro benzene ring substituents is 1. The fraction of sp³-hybridized carbons (Fsp3) is 0.0526. The Labute approximate surface area is 149 Å². The van der Waals surface area contributed by atoms with E-state index in [1.165, 1.54) is 18.2 Å². The van der Waals surface area contributed by atoms with Gasteiger partial charge in [0, 0.05) is 23.5 Å². The summed E-state index contributed by atoms with van der Waals surface area (Å²) in [4.78, 5) is 25.9. The van der Waals surface area contributed by atoms with Gasteiger partial charge in [0.2, 0.25) is 0 Å². The number of aromatic nitrogens is 1. The van der Waals surface area contributed by atoms with Gasteiger partial charge in [-0.3, -0.25) is 15.1 Å². The van der Waals surface area contributed by atoms with E-state index in [0.29, 0.717) is 11.3 Å². The molecule has 0 spiro atoms. The van der Waals surface area contributed by atoms with Crippen LogP contribution in [0.25, 0.3) is 5.69 Å². The smallest absolute Gasteiger partial charge is 0.335 e. The van der Waals surface area contributed by atoms with Crippen LogP contribution in [0.2, 0.25) is 0 Å². The summed E-state index contributed by atoms with van der Waals surface area (Å²) in [7, 11) is 0. The molecule has 0 unspecified atom stereocenters. The minimum Gasteiger partial charge on any atom is -0.478 e. The summed E-state index contributed by atoms with van der Waals surface area (Å²) in [5.41, 5.74) is 2.85. The third-order valence-corrected chi connectivity index (χ3v) is 3.91. The maximum Gasteiger partial charge on any atom is 0.335 e. The minimum atomic E-state index is -0.980. The normalized spacial score (nSPS) is 11.0. The van der Waals surface area contributed by atoms with E-state index in [1.807, 2.05) is 22.9 Å². The average Bonchev–Trinajstić information content (AvgIpc) is 3.09. The van der Waals surface area contributed by atoms with Gasteiger partial charge in [-0.25, -0.2) is 4.79 Å². The zero-order chi connectivity index (χ0) is 18.7. The molecule has 1 heterocycles. The maximum atomic E-state index is 11.0. The Morgan fingerprint density at radius 3 is 2.58 bits per heavy atom. The summed E-state index contributed by atoms with van der Waals surface area (Å²) in [6.07, 6.45) is 3.44. The van der Waals surface area contributed by atoms with Crippen LogP contribution in [0.3, 0.4) is 0 Å². The van der Waals surface area contributed by atoms with Gasteiger partial charge in [0.15, 0.2) is 0 Å². The molecule has 3 rings (SSSR count). The molecule has 26 heavy (non-hydrogen) atoms. The van der Waals surface area contributed by atoms with Crippen molar-refractivity contribution in [1.29, 1.82) is 0 Å². The first-order chi connectivity index (χ1) is 12.5. The molecule has 0 amide bonds. The maximum absolute atomic E-state index is 11.0. The fourth-order valence-corrected chi connectivity index (χ4v) is 2.51. The highest BCUT2D eigenvalue weighted by molar-refractivity contribution is 5.88. The van der Waals surface area contributed by atoms with E-state index in [1.54, 1.807) is 37.4 Å². The van der Waals surface area contributed by atoms with E-state index >= 15 is 0 Å². The van der Waals surface area contributed by atoms with Crippen molar-refractivity contribution in [2.24, 2.45) is 4.99 Å². The molecule has 1 N–H and O–H groups in total. The fourth-order valence-electron chi connectivity index (χ4n) is 2.51. The van der Waals surface area contributed by atoms with Crippen LogP contribution in [0.4, 0.5) is 11.4 Å². The van der Waals surface area contributed by atoms with Gasteiger partial charge < -0.3 is 9.67 Å². The van der Waals surface area contributed by atoms with Crippen LogP contribution in [-0.4, -0.2) is 26.8 Å². The summed E-state index contributed by atoms with van der Waals surface area (Å²) in [5, 5.41) is 20.0. The van der Waals surface area contributed by atoms with Crippen molar-refractivity contribution in [3.8, 4) is 5.69 Å². The number of carboxylic acids is 1. The van der Waals surface area contributed by atoms with Crippen molar-refractivity contribution in [2.75, 3.05) is 0 Å². The lowest BCUT2D eigenvalue weighted by atomic mass is 10.2. The number of aliphatic imine (C=N–C) groups is 1. The Balaban J connectivity index is 1.89. The lowest BCUT2D eigenvalue weighted by molar-refractivity contribution is -0.385. The number of aryl methyl sites for hydroxylation is 1. The van der Waals surface area contributed by atoms with E-state index in [9.17, 15) is 14.9 Å². The zero-order valence-corrected chi connectivity index (χ0v) is 13.9. The summed E-state index contributed by atoms with van der Waals surface area (Å²) >= 11 is 0. The highest BCUT2D eigenvalue weighted by Gasteiger charge is 2.10. The first-order valence-corrected chi connectivity index (χ1v) is 7.76. The summed E-state index contributed by atoms with van der Waals surface area (Å²) in [5.74, 6) is -0.980. The van der Waals surface area contributed by atoms with E-state index in [4.69, 9.17) is 5.11 Å². The second kappa shape index (κ2) is 7.02. The Morgan fingerprint density at radius 2 is 1.92 bits per heavy atom. The number of hydrogen-bond donors (Lipinski definition) is 1. The van der Waals surface area contributed by atoms with E-state index in [2.05, 4.69) is 4.99 Å². The monoisotopic (exact) mass is 349 g/mol. The standard InChI is InChI=1S/C19H15N3O4/c1-13-4-7-15(11-18(13)22(25)26)20-12-17-3-2-10-21(17)16-8-5-14(6-9-16)19(23)24/h2-12H,1H3,(H,23,24). The van der Waals surface area contributed by atoms with Crippen molar-refractivity contribution in [1.82, 2.24) is 4.57 Å². The first kappa shape index (κ1) is 17.1. The number of carbonyl (C=O) groups is 1. The van der Waals surface area contributed by atoms with Gasteiger partial charge in [-0.05, 0) is 49.4 Å². The minimum absolute atomic E-state index is 0.0271. The number of nitrogens with zero attached hydrogens (tertiary/aromatic N) is 3. The predicted molar refractivity (Wildman–Crippen MR) is 97.8 cm³/mol. The molecule has 0 aliphatic rings. The average molecular weight is 349 g/mol. The Morgan fingerprint density at radius 1 is 1.19 bits per heavy atom. The second-order valence-corrected chi connectivity index (χ2v) is 5.64. The number of benzene rings is 2. The van der Waals surface area contributed by atoms with Crippen LogP contribution in [0, 0.1) is 17.0 Å².